The lowest BCUT2D eigenvalue weighted by atomic mass is 10.1. The summed E-state index contributed by atoms with van der Waals surface area (Å²) in [5, 5.41) is 0. The van der Waals surface area contributed by atoms with Crippen molar-refractivity contribution >= 4 is 19.3 Å². The van der Waals surface area contributed by atoms with E-state index in [4.69, 9.17) is 0 Å². The summed E-state index contributed by atoms with van der Waals surface area (Å²) in [6.45, 7) is 6.45. The van der Waals surface area contributed by atoms with Gasteiger partial charge in [-0.3, -0.25) is 4.99 Å². The van der Waals surface area contributed by atoms with Crippen molar-refractivity contribution < 1.29 is 22.3 Å². The Hall–Kier alpha value is -1.53. The maximum atomic E-state index is 9.75. The number of rotatable bonds is 1. The van der Waals surface area contributed by atoms with E-state index in [9.17, 15) is 17.3 Å². The van der Waals surface area contributed by atoms with E-state index in [-0.39, 0.29) is 0 Å². The van der Waals surface area contributed by atoms with Crippen molar-refractivity contribution in [2.24, 2.45) is 0 Å². The second kappa shape index (κ2) is 5.88. The molecule has 1 aromatic rings. The molecule has 0 saturated heterocycles. The van der Waals surface area contributed by atoms with Gasteiger partial charge in [-0.25, -0.2) is 4.90 Å². The molecular weight excluding hydrogens is 247 g/mol. The first-order valence-corrected chi connectivity index (χ1v) is 5.56. The van der Waals surface area contributed by atoms with Crippen molar-refractivity contribution in [3.05, 3.63) is 29.3 Å². The van der Waals surface area contributed by atoms with Crippen molar-refractivity contribution in [1.82, 2.24) is 0 Å². The fourth-order valence-electron chi connectivity index (χ4n) is 1.86. The van der Waals surface area contributed by atoms with Crippen LogP contribution in [0.2, 0.25) is 0 Å². The zero-order valence-electron chi connectivity index (χ0n) is 10.3. The number of nitrogens with zero attached hydrogens (tertiary/aromatic N) is 1. The van der Waals surface area contributed by atoms with Crippen LogP contribution < -0.4 is 9.89 Å². The number of anilines is 1. The quantitative estimate of drug-likeness (QED) is 0.600. The van der Waals surface area contributed by atoms with Gasteiger partial charge in [0, 0.05) is 0 Å². The zero-order valence-corrected chi connectivity index (χ0v) is 10.3. The van der Waals surface area contributed by atoms with Crippen LogP contribution >= 0.6 is 0 Å². The SMILES string of the molecule is Cc1cccc(C)c1N1C=[NH+]CC1.F[B-](F)(F)F. The first-order valence-electron chi connectivity index (χ1n) is 5.56. The summed E-state index contributed by atoms with van der Waals surface area (Å²) >= 11 is 0. The summed E-state index contributed by atoms with van der Waals surface area (Å²) in [4.78, 5) is 5.51. The van der Waals surface area contributed by atoms with E-state index >= 15 is 0 Å². The molecule has 100 valence electrons. The third-order valence-electron chi connectivity index (χ3n) is 2.47. The third-order valence-corrected chi connectivity index (χ3v) is 2.47. The Kier molecular flexibility index (Phi) is 4.75. The Morgan fingerprint density at radius 1 is 1.11 bits per heavy atom. The smallest absolute Gasteiger partial charge is 0.418 e. The summed E-state index contributed by atoms with van der Waals surface area (Å²) in [6, 6.07) is 6.43. The number of benzene rings is 1. The summed E-state index contributed by atoms with van der Waals surface area (Å²) in [5.74, 6) is 0. The summed E-state index contributed by atoms with van der Waals surface area (Å²) in [6.07, 6.45) is 2.06. The Morgan fingerprint density at radius 3 is 2.00 bits per heavy atom. The summed E-state index contributed by atoms with van der Waals surface area (Å²) in [5.41, 5.74) is 4.05. The maximum absolute atomic E-state index is 9.75. The van der Waals surface area contributed by atoms with Gasteiger partial charge >= 0.3 is 7.25 Å². The molecule has 2 nitrogen and oxygen atoms in total. The summed E-state index contributed by atoms with van der Waals surface area (Å²) < 4.78 is 39.0. The highest BCUT2D eigenvalue weighted by Crippen LogP contribution is 2.23. The fourth-order valence-corrected chi connectivity index (χ4v) is 1.86. The highest BCUT2D eigenvalue weighted by molar-refractivity contribution is 6.50. The van der Waals surface area contributed by atoms with Crippen LogP contribution in [0, 0.1) is 13.8 Å². The van der Waals surface area contributed by atoms with Gasteiger partial charge in [-0.2, -0.15) is 0 Å². The van der Waals surface area contributed by atoms with Crippen LogP contribution in [0.1, 0.15) is 11.1 Å². The van der Waals surface area contributed by atoms with Crippen LogP contribution in [0.3, 0.4) is 0 Å². The topological polar surface area (TPSA) is 17.2 Å². The number of hydrogen-bond acceptors (Lipinski definition) is 1. The molecule has 0 unspecified atom stereocenters. The lowest BCUT2D eigenvalue weighted by molar-refractivity contribution is -0.439. The van der Waals surface area contributed by atoms with E-state index in [1.165, 1.54) is 16.8 Å². The monoisotopic (exact) mass is 262 g/mol. The van der Waals surface area contributed by atoms with E-state index in [1.807, 2.05) is 0 Å². The lowest BCUT2D eigenvalue weighted by Crippen LogP contribution is -2.66. The minimum Gasteiger partial charge on any atom is -0.418 e. The Balaban J connectivity index is 0.000000280. The largest absolute Gasteiger partial charge is 0.673 e. The van der Waals surface area contributed by atoms with Crippen LogP contribution in [0.4, 0.5) is 23.0 Å². The van der Waals surface area contributed by atoms with Gasteiger partial charge < -0.3 is 17.3 Å². The van der Waals surface area contributed by atoms with Crippen LogP contribution in [-0.2, 0) is 0 Å². The molecule has 1 aliphatic rings. The van der Waals surface area contributed by atoms with Crippen molar-refractivity contribution in [1.29, 1.82) is 0 Å². The van der Waals surface area contributed by atoms with Gasteiger partial charge in [0.1, 0.15) is 18.8 Å². The van der Waals surface area contributed by atoms with E-state index in [0.29, 0.717) is 0 Å². The standard InChI is InChI=1S/C11H14N2.BF4/c1-9-4-3-5-10(2)11(9)13-7-6-12-8-13;2-1(3,4)5/h3-5,8H,6-7H2,1-2H3;/q;-1/p+1. The van der Waals surface area contributed by atoms with Gasteiger partial charge in [0.2, 0.25) is 6.34 Å². The molecule has 0 aliphatic carbocycles. The van der Waals surface area contributed by atoms with E-state index < -0.39 is 7.25 Å². The second-order valence-electron chi connectivity index (χ2n) is 4.01. The summed E-state index contributed by atoms with van der Waals surface area (Å²) in [7, 11) is -6.00. The number of nitrogens with one attached hydrogen (secondary N) is 1. The predicted octanol–water partition coefficient (Wildman–Crippen LogP) is 1.53. The number of halogens is 4. The average molecular weight is 262 g/mol. The molecule has 0 aromatic heterocycles. The van der Waals surface area contributed by atoms with Crippen molar-refractivity contribution in [2.45, 2.75) is 13.8 Å². The number of aryl methyl sites for hydroxylation is 2. The van der Waals surface area contributed by atoms with Crippen molar-refractivity contribution in [3.63, 3.8) is 0 Å². The molecule has 0 saturated carbocycles. The molecule has 0 amide bonds. The van der Waals surface area contributed by atoms with Crippen LogP contribution in [0.15, 0.2) is 18.2 Å². The third kappa shape index (κ3) is 4.77. The average Bonchev–Trinajstić information content (AvgIpc) is 2.67. The molecule has 0 radical (unpaired) electrons. The highest BCUT2D eigenvalue weighted by atomic mass is 19.5. The van der Waals surface area contributed by atoms with E-state index in [0.717, 1.165) is 13.1 Å². The Labute approximate surface area is 103 Å². The normalized spacial score (nSPS) is 14.4. The molecular formula is C11H15BF4N2. The molecule has 0 spiro atoms. The first kappa shape index (κ1) is 14.5. The van der Waals surface area contributed by atoms with Crippen LogP contribution in [0.5, 0.6) is 0 Å². The minimum atomic E-state index is -6.00. The number of para-hydroxylation sites is 1. The van der Waals surface area contributed by atoms with Crippen molar-refractivity contribution in [3.8, 4) is 0 Å². The Bertz CT molecular complexity index is 405. The minimum absolute atomic E-state index is 1.05. The van der Waals surface area contributed by atoms with Gasteiger partial charge in [0.15, 0.2) is 0 Å². The molecule has 1 aliphatic heterocycles. The molecule has 7 heteroatoms. The van der Waals surface area contributed by atoms with Gasteiger partial charge in [-0.05, 0) is 25.0 Å². The Morgan fingerprint density at radius 2 is 1.61 bits per heavy atom. The molecule has 0 bridgehead atoms. The molecule has 1 N–H and O–H groups in total. The first-order chi connectivity index (χ1) is 8.29. The molecule has 1 heterocycles. The molecule has 0 fully saturated rings. The molecule has 18 heavy (non-hydrogen) atoms. The van der Waals surface area contributed by atoms with Gasteiger partial charge in [-0.15, -0.1) is 0 Å². The van der Waals surface area contributed by atoms with Crippen LogP contribution in [-0.4, -0.2) is 26.7 Å². The molecule has 1 aromatic carbocycles. The predicted molar refractivity (Wildman–Crippen MR) is 65.3 cm³/mol. The fraction of sp³-hybridized carbons (Fsp3) is 0.364. The highest BCUT2D eigenvalue weighted by Gasteiger charge is 2.20. The van der Waals surface area contributed by atoms with E-state index in [1.54, 1.807) is 0 Å². The maximum Gasteiger partial charge on any atom is 0.673 e. The zero-order chi connectivity index (χ0) is 13.8. The molecule has 0 atom stereocenters. The van der Waals surface area contributed by atoms with Gasteiger partial charge in [-0.1, -0.05) is 18.2 Å². The van der Waals surface area contributed by atoms with Gasteiger partial charge in [0.05, 0.1) is 0 Å². The molecule has 2 rings (SSSR count). The van der Waals surface area contributed by atoms with Crippen LogP contribution in [0.25, 0.3) is 0 Å². The van der Waals surface area contributed by atoms with Gasteiger partial charge in [0.25, 0.3) is 0 Å². The van der Waals surface area contributed by atoms with Crippen molar-refractivity contribution in [2.75, 3.05) is 18.0 Å². The lowest BCUT2D eigenvalue weighted by Gasteiger charge is -2.12. The second-order valence-corrected chi connectivity index (χ2v) is 4.01. The number of hydrogen-bond donors (Lipinski definition) is 1. The van der Waals surface area contributed by atoms with E-state index in [2.05, 4.69) is 48.3 Å².